The summed E-state index contributed by atoms with van der Waals surface area (Å²) < 4.78 is 10.5. The number of methoxy groups -OCH3 is 2. The largest absolute Gasteiger partial charge is 0.497 e. The van der Waals surface area contributed by atoms with Crippen molar-refractivity contribution in [3.8, 4) is 11.5 Å². The van der Waals surface area contributed by atoms with Crippen molar-refractivity contribution in [2.75, 3.05) is 33.1 Å². The van der Waals surface area contributed by atoms with E-state index in [1.54, 1.807) is 14.2 Å². The molecule has 2 rings (SSSR count). The molecule has 0 unspecified atom stereocenters. The van der Waals surface area contributed by atoms with Crippen molar-refractivity contribution in [2.24, 2.45) is 0 Å². The molecule has 0 aliphatic carbocycles. The number of benzene rings is 2. The summed E-state index contributed by atoms with van der Waals surface area (Å²) in [5, 5.41) is 2.89. The summed E-state index contributed by atoms with van der Waals surface area (Å²) in [6.07, 6.45) is 0. The molecule has 1 N–H and O–H groups in total. The van der Waals surface area contributed by atoms with Crippen molar-refractivity contribution in [2.45, 2.75) is 20.4 Å². The first kappa shape index (κ1) is 18.8. The Hall–Kier alpha value is -2.53. The average molecular weight is 342 g/mol. The minimum atomic E-state index is -0.0466. The molecule has 2 aromatic rings. The van der Waals surface area contributed by atoms with Crippen LogP contribution in [0.25, 0.3) is 0 Å². The lowest BCUT2D eigenvalue weighted by atomic mass is 10.1. The van der Waals surface area contributed by atoms with Crippen molar-refractivity contribution in [3.63, 3.8) is 0 Å². The van der Waals surface area contributed by atoms with E-state index in [0.717, 1.165) is 33.9 Å². The fourth-order valence-corrected chi connectivity index (χ4v) is 2.94. The van der Waals surface area contributed by atoms with Crippen LogP contribution in [0.4, 0.5) is 5.69 Å². The van der Waals surface area contributed by atoms with Crippen molar-refractivity contribution >= 4 is 11.6 Å². The molecular formula is C20H26N2O3. The number of hydrogen-bond acceptors (Lipinski definition) is 4. The molecule has 0 atom stereocenters. The maximum Gasteiger partial charge on any atom is 0.238 e. The lowest BCUT2D eigenvalue weighted by Crippen LogP contribution is -2.29. The lowest BCUT2D eigenvalue weighted by Gasteiger charge is -2.18. The Balaban J connectivity index is 1.92. The van der Waals surface area contributed by atoms with Gasteiger partial charge in [-0.15, -0.1) is 0 Å². The Morgan fingerprint density at radius 3 is 2.16 bits per heavy atom. The van der Waals surface area contributed by atoms with E-state index in [-0.39, 0.29) is 5.91 Å². The molecule has 0 bridgehead atoms. The van der Waals surface area contributed by atoms with Crippen LogP contribution in [-0.2, 0) is 11.3 Å². The third kappa shape index (κ3) is 5.22. The monoisotopic (exact) mass is 342 g/mol. The van der Waals surface area contributed by atoms with Gasteiger partial charge in [0.2, 0.25) is 5.91 Å². The maximum atomic E-state index is 12.2. The van der Waals surface area contributed by atoms with E-state index in [0.29, 0.717) is 13.1 Å². The molecule has 0 aromatic heterocycles. The van der Waals surface area contributed by atoms with Gasteiger partial charge in [0.15, 0.2) is 0 Å². The quantitative estimate of drug-likeness (QED) is 0.838. The van der Waals surface area contributed by atoms with Gasteiger partial charge in [-0.05, 0) is 61.9 Å². The Kier molecular flexibility index (Phi) is 6.42. The zero-order valence-electron chi connectivity index (χ0n) is 15.6. The smallest absolute Gasteiger partial charge is 0.238 e. The molecule has 1 amide bonds. The highest BCUT2D eigenvalue weighted by Crippen LogP contribution is 2.24. The fraction of sp³-hybridized carbons (Fsp3) is 0.350. The molecular weight excluding hydrogens is 316 g/mol. The van der Waals surface area contributed by atoms with Crippen LogP contribution in [0.1, 0.15) is 16.7 Å². The van der Waals surface area contributed by atoms with Crippen molar-refractivity contribution < 1.29 is 14.3 Å². The number of hydrogen-bond donors (Lipinski definition) is 1. The minimum Gasteiger partial charge on any atom is -0.497 e. The van der Waals surface area contributed by atoms with Gasteiger partial charge >= 0.3 is 0 Å². The number of carbonyl (C=O) groups excluding carboxylic acids is 1. The third-order valence-electron chi connectivity index (χ3n) is 3.96. The molecule has 2 aromatic carbocycles. The summed E-state index contributed by atoms with van der Waals surface area (Å²) in [6, 6.07) is 11.5. The number of ether oxygens (including phenoxy) is 2. The normalized spacial score (nSPS) is 10.6. The Morgan fingerprint density at radius 1 is 1.04 bits per heavy atom. The Bertz CT molecular complexity index is 703. The number of anilines is 1. The van der Waals surface area contributed by atoms with Crippen molar-refractivity contribution in [1.29, 1.82) is 0 Å². The molecule has 0 spiro atoms. The van der Waals surface area contributed by atoms with Crippen LogP contribution in [-0.4, -0.2) is 38.6 Å². The van der Waals surface area contributed by atoms with Gasteiger partial charge in [0, 0.05) is 12.2 Å². The second kappa shape index (κ2) is 8.53. The standard InChI is InChI=1S/C20H26N2O3/c1-14-10-16(11-15(2)20(14)25-5)12-22(3)13-19(23)21-17-6-8-18(24-4)9-7-17/h6-11H,12-13H2,1-5H3,(H,21,23). The molecule has 5 heteroatoms. The van der Waals surface area contributed by atoms with Gasteiger partial charge < -0.3 is 14.8 Å². The number of rotatable bonds is 7. The molecule has 0 heterocycles. The van der Waals surface area contributed by atoms with Crippen LogP contribution in [0.3, 0.4) is 0 Å². The van der Waals surface area contributed by atoms with Gasteiger partial charge in [-0.3, -0.25) is 9.69 Å². The molecule has 0 saturated carbocycles. The molecule has 0 aliphatic heterocycles. The van der Waals surface area contributed by atoms with Crippen LogP contribution in [0, 0.1) is 13.8 Å². The number of amides is 1. The molecule has 0 aliphatic rings. The first-order chi connectivity index (χ1) is 11.9. The maximum absolute atomic E-state index is 12.2. The van der Waals surface area contributed by atoms with E-state index in [1.807, 2.05) is 50.1 Å². The van der Waals surface area contributed by atoms with E-state index in [4.69, 9.17) is 9.47 Å². The number of aryl methyl sites for hydroxylation is 2. The molecule has 134 valence electrons. The molecule has 0 radical (unpaired) electrons. The van der Waals surface area contributed by atoms with E-state index < -0.39 is 0 Å². The van der Waals surface area contributed by atoms with E-state index >= 15 is 0 Å². The zero-order valence-corrected chi connectivity index (χ0v) is 15.6. The molecule has 0 fully saturated rings. The van der Waals surface area contributed by atoms with Gasteiger partial charge in [0.25, 0.3) is 0 Å². The topological polar surface area (TPSA) is 50.8 Å². The summed E-state index contributed by atoms with van der Waals surface area (Å²) in [6.45, 7) is 5.08. The zero-order chi connectivity index (χ0) is 18.4. The summed E-state index contributed by atoms with van der Waals surface area (Å²) in [5.74, 6) is 1.64. The number of carbonyl (C=O) groups is 1. The average Bonchev–Trinajstić information content (AvgIpc) is 2.55. The van der Waals surface area contributed by atoms with Crippen LogP contribution in [0.5, 0.6) is 11.5 Å². The lowest BCUT2D eigenvalue weighted by molar-refractivity contribution is -0.117. The predicted octanol–water partition coefficient (Wildman–Crippen LogP) is 3.39. The summed E-state index contributed by atoms with van der Waals surface area (Å²) >= 11 is 0. The third-order valence-corrected chi connectivity index (χ3v) is 3.96. The highest BCUT2D eigenvalue weighted by molar-refractivity contribution is 5.92. The number of likely N-dealkylation sites (N-methyl/N-ethyl adjacent to an activating group) is 1. The van der Waals surface area contributed by atoms with Crippen molar-refractivity contribution in [3.05, 3.63) is 53.1 Å². The summed E-state index contributed by atoms with van der Waals surface area (Å²) in [7, 11) is 5.23. The first-order valence-electron chi connectivity index (χ1n) is 8.19. The summed E-state index contributed by atoms with van der Waals surface area (Å²) in [4.78, 5) is 14.2. The number of nitrogens with one attached hydrogen (secondary N) is 1. The first-order valence-corrected chi connectivity index (χ1v) is 8.19. The van der Waals surface area contributed by atoms with E-state index in [2.05, 4.69) is 17.4 Å². The second-order valence-corrected chi connectivity index (χ2v) is 6.21. The Morgan fingerprint density at radius 2 is 1.64 bits per heavy atom. The minimum absolute atomic E-state index is 0.0466. The SMILES string of the molecule is COc1ccc(NC(=O)CN(C)Cc2cc(C)c(OC)c(C)c2)cc1. The summed E-state index contributed by atoms with van der Waals surface area (Å²) in [5.41, 5.74) is 4.13. The van der Waals surface area contributed by atoms with Crippen LogP contribution in [0.2, 0.25) is 0 Å². The van der Waals surface area contributed by atoms with Gasteiger partial charge in [-0.2, -0.15) is 0 Å². The van der Waals surface area contributed by atoms with Gasteiger partial charge in [0.1, 0.15) is 11.5 Å². The van der Waals surface area contributed by atoms with Gasteiger partial charge in [0.05, 0.1) is 20.8 Å². The molecule has 5 nitrogen and oxygen atoms in total. The highest BCUT2D eigenvalue weighted by atomic mass is 16.5. The predicted molar refractivity (Wildman–Crippen MR) is 100 cm³/mol. The highest BCUT2D eigenvalue weighted by Gasteiger charge is 2.10. The second-order valence-electron chi connectivity index (χ2n) is 6.21. The fourth-order valence-electron chi connectivity index (χ4n) is 2.94. The van der Waals surface area contributed by atoms with Crippen LogP contribution in [0.15, 0.2) is 36.4 Å². The van der Waals surface area contributed by atoms with Crippen molar-refractivity contribution in [1.82, 2.24) is 4.90 Å². The van der Waals surface area contributed by atoms with E-state index in [9.17, 15) is 4.79 Å². The van der Waals surface area contributed by atoms with Gasteiger partial charge in [-0.1, -0.05) is 12.1 Å². The number of nitrogens with zero attached hydrogens (tertiary/aromatic N) is 1. The van der Waals surface area contributed by atoms with Gasteiger partial charge in [-0.25, -0.2) is 0 Å². The van der Waals surface area contributed by atoms with E-state index in [1.165, 1.54) is 0 Å². The van der Waals surface area contributed by atoms with Crippen LogP contribution < -0.4 is 14.8 Å². The molecule has 25 heavy (non-hydrogen) atoms. The molecule has 0 saturated heterocycles. The Labute approximate surface area is 149 Å². The van der Waals surface area contributed by atoms with Crippen LogP contribution >= 0.6 is 0 Å².